The largest absolute Gasteiger partial charge is 0.465 e. The number of carbonyl (C=O) groups is 2. The summed E-state index contributed by atoms with van der Waals surface area (Å²) in [5, 5.41) is 12.3. The third-order valence-corrected chi connectivity index (χ3v) is 6.89. The first-order valence-electron chi connectivity index (χ1n) is 10.00. The minimum atomic E-state index is -0.491. The van der Waals surface area contributed by atoms with Gasteiger partial charge in [0.1, 0.15) is 16.3 Å². The lowest BCUT2D eigenvalue weighted by Gasteiger charge is -2.08. The first-order chi connectivity index (χ1) is 16.0. The predicted octanol–water partition coefficient (Wildman–Crippen LogP) is 4.43. The Morgan fingerprint density at radius 3 is 2.58 bits per heavy atom. The molecule has 0 atom stereocenters. The molecule has 0 fully saturated rings. The number of anilines is 1. The number of esters is 1. The lowest BCUT2D eigenvalue weighted by Crippen LogP contribution is -2.16. The summed E-state index contributed by atoms with van der Waals surface area (Å²) in [5.74, 6) is -0.0254. The summed E-state index contributed by atoms with van der Waals surface area (Å²) < 4.78 is 6.80. The van der Waals surface area contributed by atoms with E-state index < -0.39 is 5.97 Å². The van der Waals surface area contributed by atoms with Crippen LogP contribution in [0.2, 0.25) is 0 Å². The molecule has 1 amide bonds. The van der Waals surface area contributed by atoms with E-state index in [0.717, 1.165) is 16.0 Å². The van der Waals surface area contributed by atoms with Crippen molar-refractivity contribution >= 4 is 40.0 Å². The summed E-state index contributed by atoms with van der Waals surface area (Å²) in [6.45, 7) is 1.92. The fourth-order valence-electron chi connectivity index (χ4n) is 3.33. The molecule has 0 unspecified atom stereocenters. The van der Waals surface area contributed by atoms with Gasteiger partial charge in [0.15, 0.2) is 11.0 Å². The zero-order valence-corrected chi connectivity index (χ0v) is 19.9. The smallest absolute Gasteiger partial charge is 0.341 e. The van der Waals surface area contributed by atoms with E-state index in [4.69, 9.17) is 4.74 Å². The number of nitrogens with one attached hydrogen (secondary N) is 1. The van der Waals surface area contributed by atoms with E-state index in [1.807, 2.05) is 62.5 Å². The summed E-state index contributed by atoms with van der Waals surface area (Å²) in [5.41, 5.74) is 2.72. The number of amides is 1. The Hall–Kier alpha value is -3.50. The highest BCUT2D eigenvalue weighted by atomic mass is 32.2. The SMILES string of the molecule is COC(=O)c1c(NC(=O)CSc2nnc(-c3ccccn3)n2C)sc(C)c1-c1ccccc1. The Bertz CT molecular complexity index is 1290. The van der Waals surface area contributed by atoms with Crippen molar-refractivity contribution in [2.24, 2.45) is 7.05 Å². The van der Waals surface area contributed by atoms with Crippen LogP contribution in [0.4, 0.5) is 5.00 Å². The van der Waals surface area contributed by atoms with E-state index >= 15 is 0 Å². The second-order valence-corrected chi connectivity index (χ2v) is 9.18. The van der Waals surface area contributed by atoms with Crippen LogP contribution in [-0.4, -0.2) is 44.5 Å². The second-order valence-electron chi connectivity index (χ2n) is 7.01. The molecule has 0 spiro atoms. The number of nitrogens with zero attached hydrogens (tertiary/aromatic N) is 4. The molecule has 0 bridgehead atoms. The van der Waals surface area contributed by atoms with Crippen LogP contribution in [0.15, 0.2) is 59.9 Å². The number of pyridine rings is 1. The molecule has 0 radical (unpaired) electrons. The number of aromatic nitrogens is 4. The number of aryl methyl sites for hydroxylation is 1. The molecule has 8 nitrogen and oxygen atoms in total. The van der Waals surface area contributed by atoms with Gasteiger partial charge in [0, 0.05) is 23.7 Å². The molecule has 10 heteroatoms. The van der Waals surface area contributed by atoms with Gasteiger partial charge in [0.25, 0.3) is 0 Å². The highest BCUT2D eigenvalue weighted by Crippen LogP contribution is 2.40. The van der Waals surface area contributed by atoms with Crippen LogP contribution in [0, 0.1) is 6.92 Å². The molecular weight excluding hydrogens is 458 g/mol. The van der Waals surface area contributed by atoms with Crippen LogP contribution >= 0.6 is 23.1 Å². The molecule has 0 saturated carbocycles. The average Bonchev–Trinajstić information content (AvgIpc) is 3.37. The van der Waals surface area contributed by atoms with Crippen LogP contribution in [0.3, 0.4) is 0 Å². The maximum absolute atomic E-state index is 12.7. The standard InChI is InChI=1S/C23H21N5O3S2/c1-14-18(15-9-5-4-6-10-15)19(22(30)31-3)21(33-14)25-17(29)13-32-23-27-26-20(28(23)2)16-11-7-8-12-24-16/h4-12H,13H2,1-3H3,(H,25,29). The highest BCUT2D eigenvalue weighted by molar-refractivity contribution is 7.99. The van der Waals surface area contributed by atoms with Gasteiger partial charge in [-0.25, -0.2) is 4.79 Å². The number of thioether (sulfide) groups is 1. The number of hydrogen-bond acceptors (Lipinski definition) is 8. The fourth-order valence-corrected chi connectivity index (χ4v) is 5.12. The van der Waals surface area contributed by atoms with Crippen molar-refractivity contribution in [1.29, 1.82) is 0 Å². The van der Waals surface area contributed by atoms with Gasteiger partial charge in [0.05, 0.1) is 12.9 Å². The van der Waals surface area contributed by atoms with Gasteiger partial charge in [-0.2, -0.15) is 0 Å². The zero-order valence-electron chi connectivity index (χ0n) is 18.2. The number of thiophene rings is 1. The van der Waals surface area contributed by atoms with E-state index in [-0.39, 0.29) is 11.7 Å². The Kier molecular flexibility index (Phi) is 6.85. The average molecular weight is 480 g/mol. The lowest BCUT2D eigenvalue weighted by atomic mass is 10.0. The molecule has 0 aliphatic carbocycles. The van der Waals surface area contributed by atoms with Gasteiger partial charge in [-0.15, -0.1) is 21.5 Å². The van der Waals surface area contributed by atoms with Crippen molar-refractivity contribution in [3.8, 4) is 22.6 Å². The predicted molar refractivity (Wildman–Crippen MR) is 129 cm³/mol. The molecule has 168 valence electrons. The molecule has 3 heterocycles. The van der Waals surface area contributed by atoms with Crippen molar-refractivity contribution in [3.63, 3.8) is 0 Å². The summed E-state index contributed by atoms with van der Waals surface area (Å²) in [6.07, 6.45) is 1.69. The molecule has 0 aliphatic rings. The Morgan fingerprint density at radius 2 is 1.88 bits per heavy atom. The van der Waals surface area contributed by atoms with Crippen LogP contribution in [0.25, 0.3) is 22.6 Å². The van der Waals surface area contributed by atoms with E-state index in [1.165, 1.54) is 30.2 Å². The van der Waals surface area contributed by atoms with Crippen molar-refractivity contribution in [2.45, 2.75) is 12.1 Å². The normalized spacial score (nSPS) is 10.8. The first-order valence-corrected chi connectivity index (χ1v) is 11.8. The number of rotatable bonds is 7. The van der Waals surface area contributed by atoms with Gasteiger partial charge in [-0.3, -0.25) is 9.78 Å². The highest BCUT2D eigenvalue weighted by Gasteiger charge is 2.25. The molecule has 33 heavy (non-hydrogen) atoms. The first kappa shape index (κ1) is 22.7. The topological polar surface area (TPSA) is 99.0 Å². The van der Waals surface area contributed by atoms with Gasteiger partial charge in [0.2, 0.25) is 5.91 Å². The number of ether oxygens (including phenoxy) is 1. The molecule has 4 aromatic rings. The maximum atomic E-state index is 12.7. The molecule has 0 saturated heterocycles. The summed E-state index contributed by atoms with van der Waals surface area (Å²) in [7, 11) is 3.16. The van der Waals surface area contributed by atoms with Gasteiger partial charge < -0.3 is 14.6 Å². The molecule has 0 aliphatic heterocycles. The summed E-state index contributed by atoms with van der Waals surface area (Å²) in [4.78, 5) is 30.5. The van der Waals surface area contributed by atoms with Gasteiger partial charge >= 0.3 is 5.97 Å². The minimum Gasteiger partial charge on any atom is -0.465 e. The van der Waals surface area contributed by atoms with E-state index in [9.17, 15) is 9.59 Å². The Balaban J connectivity index is 1.52. The fraction of sp³-hybridized carbons (Fsp3) is 0.174. The van der Waals surface area contributed by atoms with Crippen LogP contribution < -0.4 is 5.32 Å². The number of benzene rings is 1. The van der Waals surface area contributed by atoms with E-state index in [0.29, 0.717) is 27.2 Å². The van der Waals surface area contributed by atoms with Crippen molar-refractivity contribution in [3.05, 3.63) is 65.2 Å². The number of carbonyl (C=O) groups excluding carboxylic acids is 2. The van der Waals surface area contributed by atoms with E-state index in [2.05, 4.69) is 20.5 Å². The monoisotopic (exact) mass is 479 g/mol. The molecule has 1 aromatic carbocycles. The third kappa shape index (κ3) is 4.81. The van der Waals surface area contributed by atoms with E-state index in [1.54, 1.807) is 10.8 Å². The summed E-state index contributed by atoms with van der Waals surface area (Å²) in [6, 6.07) is 15.1. The van der Waals surface area contributed by atoms with Crippen LogP contribution in [-0.2, 0) is 16.6 Å². The summed E-state index contributed by atoms with van der Waals surface area (Å²) >= 11 is 2.61. The molecule has 3 aromatic heterocycles. The molecule has 1 N–H and O–H groups in total. The van der Waals surface area contributed by atoms with Crippen LogP contribution in [0.1, 0.15) is 15.2 Å². The van der Waals surface area contributed by atoms with Crippen LogP contribution in [0.5, 0.6) is 0 Å². The van der Waals surface area contributed by atoms with Crippen molar-refractivity contribution < 1.29 is 14.3 Å². The Morgan fingerprint density at radius 1 is 1.12 bits per heavy atom. The number of hydrogen-bond donors (Lipinski definition) is 1. The maximum Gasteiger partial charge on any atom is 0.341 e. The van der Waals surface area contributed by atoms with Crippen molar-refractivity contribution in [1.82, 2.24) is 19.7 Å². The molecule has 4 rings (SSSR count). The minimum absolute atomic E-state index is 0.104. The molecular formula is C23H21N5O3S2. The van der Waals surface area contributed by atoms with Gasteiger partial charge in [-0.05, 0) is 24.6 Å². The lowest BCUT2D eigenvalue weighted by molar-refractivity contribution is -0.113. The van der Waals surface area contributed by atoms with Gasteiger partial charge in [-0.1, -0.05) is 48.2 Å². The third-order valence-electron chi connectivity index (χ3n) is 4.85. The number of methoxy groups -OCH3 is 1. The second kappa shape index (κ2) is 9.97. The zero-order chi connectivity index (χ0) is 23.4. The van der Waals surface area contributed by atoms with Crippen molar-refractivity contribution in [2.75, 3.05) is 18.2 Å². The Labute approximate surface area is 199 Å². The quantitative estimate of drug-likeness (QED) is 0.309.